The van der Waals surface area contributed by atoms with Crippen molar-refractivity contribution in [3.05, 3.63) is 177 Å². The fourth-order valence-corrected chi connectivity index (χ4v) is 7.72. The average Bonchev–Trinajstić information content (AvgIpc) is 3.27. The van der Waals surface area contributed by atoms with Crippen LogP contribution in [0.4, 0.5) is 105 Å². The van der Waals surface area contributed by atoms with E-state index in [0.29, 0.717) is 6.54 Å². The van der Waals surface area contributed by atoms with Gasteiger partial charge in [-0.05, 0) is 24.3 Å². The molecule has 0 spiro atoms. The predicted octanol–water partition coefficient (Wildman–Crippen LogP) is 13.0. The number of hydrogen-bond acceptors (Lipinski definition) is 3. The van der Waals surface area contributed by atoms with Gasteiger partial charge in [0.15, 0.2) is 18.8 Å². The van der Waals surface area contributed by atoms with Gasteiger partial charge < -0.3 is 4.74 Å². The van der Waals surface area contributed by atoms with Crippen LogP contribution in [0, 0.1) is 0 Å². The number of esters is 1. The van der Waals surface area contributed by atoms with Gasteiger partial charge in [-0.25, -0.2) is 9.78 Å². The Kier molecular flexibility index (Phi) is 16.4. The molecule has 0 fully saturated rings. The zero-order valence-electron chi connectivity index (χ0n) is 36.2. The number of halogens is 25. The summed E-state index contributed by atoms with van der Waals surface area (Å²) in [5.74, 6) is -0.521. The molecule has 0 unspecified atom stereocenters. The predicted molar refractivity (Wildman–Crippen MR) is 216 cm³/mol. The third-order valence-corrected chi connectivity index (χ3v) is 10.9. The van der Waals surface area contributed by atoms with Crippen LogP contribution < -0.4 is 26.4 Å². The van der Waals surface area contributed by atoms with Crippen LogP contribution >= 0.6 is 11.6 Å². The minimum atomic E-state index is -6.13. The Balaban J connectivity index is 0.000000483. The number of hydrogen-bond donors (Lipinski definition) is 0. The number of nitrogens with zero attached hydrogens (tertiary/aromatic N) is 2. The van der Waals surface area contributed by atoms with Crippen molar-refractivity contribution in [1.82, 2.24) is 4.98 Å². The van der Waals surface area contributed by atoms with Gasteiger partial charge in [0.05, 0.1) is 50.7 Å². The van der Waals surface area contributed by atoms with Crippen molar-refractivity contribution in [2.75, 3.05) is 6.07 Å². The Hall–Kier alpha value is -6.68. The lowest BCUT2D eigenvalue weighted by molar-refractivity contribution is -0.689. The second kappa shape index (κ2) is 20.8. The fraction of sp³-hybridized carbons (Fsp3) is 0.222. The van der Waals surface area contributed by atoms with Gasteiger partial charge in [-0.1, -0.05) is 90.5 Å². The summed E-state index contributed by atoms with van der Waals surface area (Å²) in [7, 11) is 0. The molecule has 0 aliphatic carbocycles. The summed E-state index contributed by atoms with van der Waals surface area (Å²) in [5, 5.41) is 0. The third-order valence-electron chi connectivity index (χ3n) is 10.8. The van der Waals surface area contributed by atoms with Crippen molar-refractivity contribution >= 4 is 45.6 Å². The summed E-state index contributed by atoms with van der Waals surface area (Å²) in [6.07, 6.45) is -49.8. The zero-order valence-corrected chi connectivity index (χ0v) is 37.0. The molecule has 0 radical (unpaired) electrons. The lowest BCUT2D eigenvalue weighted by atomic mass is 9.12. The molecular formula is C45H24BClF24N2O2. The van der Waals surface area contributed by atoms with Gasteiger partial charge in [-0.3, -0.25) is 0 Å². The second-order valence-corrected chi connectivity index (χ2v) is 16.1. The van der Waals surface area contributed by atoms with Crippen LogP contribution in [-0.4, -0.2) is 23.2 Å². The summed E-state index contributed by atoms with van der Waals surface area (Å²) in [6.45, 7) is 0.671. The molecule has 5 aromatic carbocycles. The number of ether oxygens (including phenoxy) is 1. The zero-order chi connectivity index (χ0) is 56.7. The maximum atomic E-state index is 14.2. The summed E-state index contributed by atoms with van der Waals surface area (Å²) in [4.78, 5) is 15.4. The van der Waals surface area contributed by atoms with Gasteiger partial charge in [0.25, 0.3) is 0 Å². The van der Waals surface area contributed by atoms with Gasteiger partial charge >= 0.3 is 55.4 Å². The van der Waals surface area contributed by atoms with E-state index in [1.54, 1.807) is 18.6 Å². The molecule has 0 aliphatic rings. The van der Waals surface area contributed by atoms with Crippen molar-refractivity contribution in [2.45, 2.75) is 56.0 Å². The van der Waals surface area contributed by atoms with Gasteiger partial charge in [0, 0.05) is 5.56 Å². The molecule has 6 aromatic rings. The van der Waals surface area contributed by atoms with Gasteiger partial charge in [0.1, 0.15) is 6.15 Å². The van der Waals surface area contributed by atoms with E-state index in [4.69, 9.17) is 11.6 Å². The Morgan fingerprint density at radius 2 is 0.707 bits per heavy atom. The van der Waals surface area contributed by atoms with Crippen LogP contribution in [0.2, 0.25) is 0 Å². The highest BCUT2D eigenvalue weighted by atomic mass is 35.5. The number of carbonyl (C=O) groups excluding carboxylic acids is 1. The van der Waals surface area contributed by atoms with E-state index < -0.39 is 201 Å². The lowest BCUT2D eigenvalue weighted by Crippen LogP contribution is -2.75. The van der Waals surface area contributed by atoms with Crippen molar-refractivity contribution in [1.29, 1.82) is 0 Å². The molecule has 30 heteroatoms. The summed E-state index contributed by atoms with van der Waals surface area (Å²) >= 11 is 5.34. The Bertz CT molecular complexity index is 2570. The van der Waals surface area contributed by atoms with Crippen LogP contribution in [0.15, 0.2) is 122 Å². The highest BCUT2D eigenvalue weighted by Gasteiger charge is 2.47. The highest BCUT2D eigenvalue weighted by molar-refractivity contribution is 7.20. The molecule has 0 saturated heterocycles. The van der Waals surface area contributed by atoms with Crippen LogP contribution in [0.25, 0.3) is 0 Å². The summed E-state index contributed by atoms with van der Waals surface area (Å²) in [5.41, 5.74) is -28.8. The van der Waals surface area contributed by atoms with E-state index >= 15 is 0 Å². The van der Waals surface area contributed by atoms with E-state index in [0.717, 1.165) is 5.56 Å². The number of benzene rings is 5. The quantitative estimate of drug-likeness (QED) is 0.0501. The van der Waals surface area contributed by atoms with E-state index in [1.807, 2.05) is 34.9 Å². The van der Waals surface area contributed by atoms with Crippen LogP contribution in [0.3, 0.4) is 0 Å². The maximum Gasteiger partial charge on any atom is 0.416 e. The molecule has 1 heterocycles. The summed E-state index contributed by atoms with van der Waals surface area (Å²) in [6, 6.07) is 0.959. The Morgan fingerprint density at radius 1 is 0.440 bits per heavy atom. The molecule has 0 amide bonds. The van der Waals surface area contributed by atoms with Gasteiger partial charge in [-0.2, -0.15) is 132 Å². The molecule has 4 nitrogen and oxygen atoms in total. The Morgan fingerprint density at radius 3 is 0.947 bits per heavy atom. The standard InChI is InChI=1S/C32H12BF24.C13H12ClN2O2/c34-25(35,36)13-1-14(26(37,38)39)6-21(5-13)33(22-7-15(27(40,41)42)2-16(8-22)28(43,44)45,23-9-17(29(46,47)48)3-18(10-23)30(49,50)51)24-11-19(31(52,53)54)4-20(12-24)32(55,56)57;14-10-18-13(17)12-9-16(7-6-15-12)8-11-4-2-1-3-5-11/h1-12H;1-7,9H,8,10H2/q-1;+1. The van der Waals surface area contributed by atoms with Crippen LogP contribution in [0.5, 0.6) is 0 Å². The average molecular weight is 1130 g/mol. The highest BCUT2D eigenvalue weighted by Crippen LogP contribution is 2.41. The van der Waals surface area contributed by atoms with E-state index in [-0.39, 0.29) is 11.8 Å². The number of alkyl halides is 25. The number of aromatic nitrogens is 2. The first-order chi connectivity index (χ1) is 34.1. The summed E-state index contributed by atoms with van der Waals surface area (Å²) < 4.78 is 347. The molecular weight excluding hydrogens is 1100 g/mol. The van der Waals surface area contributed by atoms with Crippen molar-refractivity contribution < 1.29 is 119 Å². The Labute approximate surface area is 409 Å². The van der Waals surface area contributed by atoms with Crippen LogP contribution in [-0.2, 0) is 60.7 Å². The second-order valence-electron chi connectivity index (χ2n) is 15.9. The van der Waals surface area contributed by atoms with E-state index in [2.05, 4.69) is 9.72 Å². The molecule has 0 bridgehead atoms. The van der Waals surface area contributed by atoms with Crippen LogP contribution in [0.1, 0.15) is 60.6 Å². The van der Waals surface area contributed by atoms with Crippen molar-refractivity contribution in [3.63, 3.8) is 0 Å². The lowest BCUT2D eigenvalue weighted by Gasteiger charge is -2.46. The van der Waals surface area contributed by atoms with E-state index in [1.165, 1.54) is 0 Å². The first kappa shape index (κ1) is 59.2. The number of rotatable bonds is 8. The van der Waals surface area contributed by atoms with Gasteiger partial charge in [-0.15, -0.1) is 0 Å². The van der Waals surface area contributed by atoms with Gasteiger partial charge in [0.2, 0.25) is 11.9 Å². The maximum absolute atomic E-state index is 14.2. The molecule has 404 valence electrons. The molecule has 1 aromatic heterocycles. The SMILES string of the molecule is FC(F)(F)c1cc([B-](c2cc(C(F)(F)F)cc(C(F)(F)F)c2)(c2cc(C(F)(F)F)cc(C(F)(F)F)c2)c2cc(C(F)(F)F)cc(C(F)(F)F)c2)cc(C(F)(F)F)c1.O=C(OCCl)c1c[n+](Cc2ccccc2)ccn1. The largest absolute Gasteiger partial charge is 0.444 e. The minimum Gasteiger partial charge on any atom is -0.444 e. The van der Waals surface area contributed by atoms with Crippen molar-refractivity contribution in [2.24, 2.45) is 0 Å². The first-order valence-electron chi connectivity index (χ1n) is 20.0. The minimum absolute atomic E-state index is 0.173. The monoisotopic (exact) mass is 1130 g/mol. The molecule has 0 atom stereocenters. The first-order valence-corrected chi connectivity index (χ1v) is 20.6. The smallest absolute Gasteiger partial charge is 0.416 e. The normalized spacial score (nSPS) is 13.3. The molecule has 6 rings (SSSR count). The molecule has 0 aliphatic heterocycles. The molecule has 75 heavy (non-hydrogen) atoms. The molecule has 0 N–H and O–H groups in total. The topological polar surface area (TPSA) is 43.1 Å². The third kappa shape index (κ3) is 14.2. The van der Waals surface area contributed by atoms with Crippen molar-refractivity contribution in [3.8, 4) is 0 Å². The van der Waals surface area contributed by atoms with E-state index in [9.17, 15) is 110 Å². The molecule has 0 saturated carbocycles. The fourth-order valence-electron chi connectivity index (χ4n) is 7.62. The number of carbonyl (C=O) groups is 1.